The third kappa shape index (κ3) is 11.2. The first-order valence-corrected chi connectivity index (χ1v) is 21.1. The summed E-state index contributed by atoms with van der Waals surface area (Å²) in [5.41, 5.74) is 0. The van der Waals surface area contributed by atoms with E-state index in [1.54, 1.807) is 0 Å². The zero-order chi connectivity index (χ0) is 49.3. The van der Waals surface area contributed by atoms with E-state index in [0.717, 1.165) is 0 Å². The van der Waals surface area contributed by atoms with Gasteiger partial charge < -0.3 is 154 Å². The molecule has 392 valence electrons. The van der Waals surface area contributed by atoms with Gasteiger partial charge in [0, 0.05) is 0 Å². The van der Waals surface area contributed by atoms with Crippen molar-refractivity contribution < 1.29 is 154 Å². The van der Waals surface area contributed by atoms with Crippen LogP contribution in [0.4, 0.5) is 0 Å². The van der Waals surface area contributed by atoms with Crippen LogP contribution in [0.25, 0.3) is 0 Å². The second kappa shape index (κ2) is 23.5. The molecule has 0 aromatic rings. The van der Waals surface area contributed by atoms with Gasteiger partial charge in [0.2, 0.25) is 0 Å². The zero-order valence-electron chi connectivity index (χ0n) is 35.0. The fourth-order valence-corrected chi connectivity index (χ4v) is 8.42. The first-order chi connectivity index (χ1) is 31.8. The van der Waals surface area contributed by atoms with Gasteiger partial charge in [-0.2, -0.15) is 0 Å². The Labute approximate surface area is 378 Å². The summed E-state index contributed by atoms with van der Waals surface area (Å²) in [4.78, 5) is 0. The van der Waals surface area contributed by atoms with Gasteiger partial charge in [-0.3, -0.25) is 0 Å². The van der Waals surface area contributed by atoms with Crippen molar-refractivity contribution in [2.24, 2.45) is 0 Å². The topological polar surface area (TPSA) is 506 Å². The Morgan fingerprint density at radius 3 is 0.716 bits per heavy atom. The van der Waals surface area contributed by atoms with Gasteiger partial charge in [-0.25, -0.2) is 0 Å². The van der Waals surface area contributed by atoms with E-state index in [9.17, 15) is 102 Å². The van der Waals surface area contributed by atoms with Gasteiger partial charge in [-0.1, -0.05) is 0 Å². The van der Waals surface area contributed by atoms with Crippen molar-refractivity contribution in [2.75, 3.05) is 39.6 Å². The third-order valence-corrected chi connectivity index (χ3v) is 12.4. The minimum Gasteiger partial charge on any atom is -0.394 e. The molecule has 0 saturated carbocycles. The molecule has 0 aromatic carbocycles. The largest absolute Gasteiger partial charge is 0.394 e. The predicted octanol–water partition coefficient (Wildman–Crippen LogP) is -14.1. The molecule has 6 heterocycles. The lowest BCUT2D eigenvalue weighted by atomic mass is 9.95. The third-order valence-electron chi connectivity index (χ3n) is 12.4. The number of ether oxygens (including phenoxy) is 11. The summed E-state index contributed by atoms with van der Waals surface area (Å²) in [6.07, 6.45) is -60.2. The van der Waals surface area contributed by atoms with Crippen molar-refractivity contribution in [3.63, 3.8) is 0 Å². The van der Waals surface area contributed by atoms with E-state index in [1.165, 1.54) is 0 Å². The molecular weight excluding hydrogens is 928 g/mol. The zero-order valence-corrected chi connectivity index (χ0v) is 35.0. The Bertz CT molecular complexity index is 1510. The van der Waals surface area contributed by atoms with Crippen molar-refractivity contribution in [1.82, 2.24) is 0 Å². The van der Waals surface area contributed by atoms with Crippen LogP contribution in [0.5, 0.6) is 0 Å². The van der Waals surface area contributed by atoms with Crippen LogP contribution in [0.3, 0.4) is 0 Å². The summed E-state index contributed by atoms with van der Waals surface area (Å²) in [7, 11) is 0. The maximum Gasteiger partial charge on any atom is 0.187 e. The Morgan fingerprint density at radius 1 is 0.224 bits per heavy atom. The summed E-state index contributed by atoms with van der Waals surface area (Å²) in [6.45, 7) is -5.86. The maximum absolute atomic E-state index is 11.5. The number of rotatable bonds is 16. The average molecular weight is 991 g/mol. The van der Waals surface area contributed by atoms with Crippen LogP contribution in [-0.2, 0) is 52.1 Å². The van der Waals surface area contributed by atoms with Crippen molar-refractivity contribution in [3.8, 4) is 0 Å². The Morgan fingerprint density at radius 2 is 0.433 bits per heavy atom. The van der Waals surface area contributed by atoms with E-state index in [-0.39, 0.29) is 0 Å². The van der Waals surface area contributed by atoms with Crippen LogP contribution in [0.1, 0.15) is 0 Å². The van der Waals surface area contributed by atoms with Gasteiger partial charge in [-0.15, -0.1) is 0 Å². The van der Waals surface area contributed by atoms with Crippen LogP contribution in [0.15, 0.2) is 0 Å². The smallest absolute Gasteiger partial charge is 0.187 e. The second-order valence-corrected chi connectivity index (χ2v) is 16.8. The lowest BCUT2D eigenvalue weighted by molar-refractivity contribution is -0.417. The van der Waals surface area contributed by atoms with Gasteiger partial charge in [0.25, 0.3) is 0 Å². The van der Waals surface area contributed by atoms with Crippen LogP contribution >= 0.6 is 0 Å². The average Bonchev–Trinajstić information content (AvgIpc) is 3.32. The van der Waals surface area contributed by atoms with E-state index in [2.05, 4.69) is 0 Å². The predicted molar refractivity (Wildman–Crippen MR) is 199 cm³/mol. The summed E-state index contributed by atoms with van der Waals surface area (Å²) in [6, 6.07) is 0. The molecule has 0 bridgehead atoms. The van der Waals surface area contributed by atoms with E-state index in [1.807, 2.05) is 0 Å². The number of hydrogen-bond donors (Lipinski definition) is 20. The molecule has 6 aliphatic rings. The fraction of sp³-hybridized carbons (Fsp3) is 1.00. The van der Waals surface area contributed by atoms with E-state index < -0.39 is 224 Å². The summed E-state index contributed by atoms with van der Waals surface area (Å²) >= 11 is 0. The van der Waals surface area contributed by atoms with Crippen LogP contribution in [0, 0.1) is 0 Å². The van der Waals surface area contributed by atoms with Gasteiger partial charge in [0.1, 0.15) is 146 Å². The fourth-order valence-electron chi connectivity index (χ4n) is 8.42. The van der Waals surface area contributed by atoms with Crippen molar-refractivity contribution in [3.05, 3.63) is 0 Å². The Kier molecular flexibility index (Phi) is 19.4. The molecule has 31 heteroatoms. The summed E-state index contributed by atoms with van der Waals surface area (Å²) in [5, 5.41) is 211. The Hall–Kier alpha value is -1.24. The van der Waals surface area contributed by atoms with Crippen LogP contribution in [0.2, 0.25) is 0 Å². The maximum atomic E-state index is 11.5. The van der Waals surface area contributed by atoms with Crippen LogP contribution < -0.4 is 0 Å². The molecule has 30 atom stereocenters. The molecule has 6 aliphatic heterocycles. The molecule has 67 heavy (non-hydrogen) atoms. The molecule has 0 radical (unpaired) electrons. The molecule has 0 aliphatic carbocycles. The minimum atomic E-state index is -2.25. The standard InChI is InChI=1S/C36H62O31/c37-1-7-14(44)20(50)26(31(56)57-7)63-33-28(22(52)16(46)9(3-39)59-33)65-35-30(24(54)18(48)11(5-41)61-35)67-36-29(23(53)17(47)12(6-42)62-36)66-34-27(21(51)15(45)10(4-40)60-34)64-32-25(55)19(49)13(43)8(2-38)58-32/h7-56H,1-6H2/t7-,8-,9-,10-,11-,12-,13-,14-,15-,16-,17-,18-,19+,20+,21+,22+,23+,24+,25+,26+,27+,28+,29+,30+,31?,32+,33-,34+,35-,36-/m1/s1. The number of aliphatic hydroxyl groups is 20. The molecular formula is C36H62O31. The molecule has 6 fully saturated rings. The SMILES string of the molecule is OC[C@H]1O[C@@H](O[C@@H]2[C@H](O[C@@H]3[C@@H](O[C@@H]4[C@@H](O[C@@H]5[C@@H](O[C@@H]6C(O)O[C@H](CO)[C@@H](O)[C@@H]6O)O[C@H](CO)[C@@H](O)[C@@H]5O)O[C@H](CO)[C@@H](O)[C@@H]4O)O[C@H](CO)[C@@H](O)[C@@H]3O)O[C@H](CO)[C@@H](O)[C@@H]2O)[C@@H](O)[C@@H](O)[C@@H]1O. The second-order valence-electron chi connectivity index (χ2n) is 16.8. The summed E-state index contributed by atoms with van der Waals surface area (Å²) < 4.78 is 62.2. The Balaban J connectivity index is 1.31. The van der Waals surface area contributed by atoms with Gasteiger partial charge in [0.15, 0.2) is 37.7 Å². The number of aliphatic hydroxyl groups excluding tert-OH is 20. The lowest BCUT2D eigenvalue weighted by Crippen LogP contribution is -2.69. The first-order valence-electron chi connectivity index (χ1n) is 21.1. The minimum absolute atomic E-state index is 0.865. The van der Waals surface area contributed by atoms with Gasteiger partial charge in [-0.05, 0) is 0 Å². The highest BCUT2D eigenvalue weighted by atomic mass is 16.8. The molecule has 6 saturated heterocycles. The molecule has 0 aromatic heterocycles. The molecule has 20 N–H and O–H groups in total. The van der Waals surface area contributed by atoms with Crippen molar-refractivity contribution >= 4 is 0 Å². The highest BCUT2D eigenvalue weighted by molar-refractivity contribution is 5.00. The molecule has 0 amide bonds. The lowest BCUT2D eigenvalue weighted by Gasteiger charge is -2.50. The molecule has 31 nitrogen and oxygen atoms in total. The van der Waals surface area contributed by atoms with Gasteiger partial charge in [0.05, 0.1) is 39.6 Å². The monoisotopic (exact) mass is 990 g/mol. The van der Waals surface area contributed by atoms with Crippen LogP contribution in [-0.4, -0.2) is 326 Å². The normalized spacial score (nSPS) is 53.4. The molecule has 0 spiro atoms. The highest BCUT2D eigenvalue weighted by Crippen LogP contribution is 2.37. The number of hydrogen-bond acceptors (Lipinski definition) is 31. The molecule has 6 rings (SSSR count). The summed E-state index contributed by atoms with van der Waals surface area (Å²) in [5.74, 6) is 0. The van der Waals surface area contributed by atoms with E-state index in [0.29, 0.717) is 0 Å². The first kappa shape index (κ1) is 55.1. The van der Waals surface area contributed by atoms with Crippen molar-refractivity contribution in [2.45, 2.75) is 184 Å². The van der Waals surface area contributed by atoms with Crippen molar-refractivity contribution in [1.29, 1.82) is 0 Å². The molecule has 1 unspecified atom stereocenters. The quantitative estimate of drug-likeness (QED) is 0.0683. The van der Waals surface area contributed by atoms with E-state index >= 15 is 0 Å². The highest BCUT2D eigenvalue weighted by Gasteiger charge is 2.58. The van der Waals surface area contributed by atoms with Gasteiger partial charge >= 0.3 is 0 Å². The van der Waals surface area contributed by atoms with E-state index in [4.69, 9.17) is 52.1 Å².